The number of aliphatic imine (C=N–C) groups is 1. The van der Waals surface area contributed by atoms with E-state index in [-0.39, 0.29) is 6.17 Å². The van der Waals surface area contributed by atoms with Crippen molar-refractivity contribution in [2.24, 2.45) is 16.6 Å². The predicted molar refractivity (Wildman–Crippen MR) is 106 cm³/mol. The first kappa shape index (κ1) is 17.2. The summed E-state index contributed by atoms with van der Waals surface area (Å²) in [5.41, 5.74) is 8.83. The average molecular weight is 365 g/mol. The van der Waals surface area contributed by atoms with Gasteiger partial charge in [-0.25, -0.2) is 9.98 Å². The lowest BCUT2D eigenvalue weighted by Crippen LogP contribution is -2.31. The highest BCUT2D eigenvalue weighted by Crippen LogP contribution is 2.36. The Morgan fingerprint density at radius 2 is 2.00 bits per heavy atom. The zero-order valence-electron chi connectivity index (χ0n) is 15.6. The molecule has 1 aliphatic rings. The first-order valence-corrected chi connectivity index (χ1v) is 8.95. The van der Waals surface area contributed by atoms with Crippen LogP contribution in [0.2, 0.25) is 0 Å². The molecule has 7 nitrogen and oxygen atoms in total. The molecule has 0 saturated carbocycles. The molecule has 0 fully saturated rings. The zero-order chi connectivity index (χ0) is 19.0. The van der Waals surface area contributed by atoms with Crippen LogP contribution in [0.15, 0.2) is 47.5 Å². The van der Waals surface area contributed by atoms with Crippen molar-refractivity contribution < 1.29 is 9.47 Å². The second kappa shape index (κ2) is 6.83. The van der Waals surface area contributed by atoms with E-state index in [1.807, 2.05) is 47.0 Å². The molecule has 0 bridgehead atoms. The summed E-state index contributed by atoms with van der Waals surface area (Å²) in [6.07, 6.45) is -0.332. The van der Waals surface area contributed by atoms with E-state index in [0.29, 0.717) is 30.2 Å². The molecule has 0 saturated heterocycles. The van der Waals surface area contributed by atoms with Gasteiger partial charge in [-0.05, 0) is 30.2 Å². The van der Waals surface area contributed by atoms with Crippen molar-refractivity contribution in [3.8, 4) is 11.5 Å². The Morgan fingerprint density at radius 1 is 1.19 bits per heavy atom. The van der Waals surface area contributed by atoms with Crippen LogP contribution in [0.3, 0.4) is 0 Å². The van der Waals surface area contributed by atoms with Gasteiger partial charge in [0.2, 0.25) is 5.95 Å². The van der Waals surface area contributed by atoms with Crippen molar-refractivity contribution >= 4 is 22.9 Å². The van der Waals surface area contributed by atoms with Crippen LogP contribution in [0, 0.1) is 5.92 Å². The number of methoxy groups -OCH3 is 1. The summed E-state index contributed by atoms with van der Waals surface area (Å²) in [5.74, 6) is 2.83. The molecule has 0 aliphatic carbocycles. The normalized spacial score (nSPS) is 16.0. The number of nitrogens with one attached hydrogen (secondary N) is 1. The minimum absolute atomic E-state index is 0.332. The summed E-state index contributed by atoms with van der Waals surface area (Å²) in [6.45, 7) is 4.85. The van der Waals surface area contributed by atoms with E-state index in [2.05, 4.69) is 29.1 Å². The van der Waals surface area contributed by atoms with Crippen molar-refractivity contribution in [3.63, 3.8) is 0 Å². The number of guanidine groups is 1. The maximum Gasteiger partial charge on any atom is 0.212 e. The first-order valence-electron chi connectivity index (χ1n) is 8.95. The number of aromatic nitrogens is 2. The Morgan fingerprint density at radius 3 is 2.78 bits per heavy atom. The molecule has 4 rings (SSSR count). The number of ether oxygens (including phenoxy) is 2. The van der Waals surface area contributed by atoms with Gasteiger partial charge in [0, 0.05) is 5.56 Å². The molecule has 2 heterocycles. The number of hydrogen-bond acceptors (Lipinski definition) is 6. The molecule has 27 heavy (non-hydrogen) atoms. The van der Waals surface area contributed by atoms with Gasteiger partial charge in [0.1, 0.15) is 0 Å². The number of nitrogens with zero attached hydrogens (tertiary/aromatic N) is 3. The third-order valence-corrected chi connectivity index (χ3v) is 4.40. The standard InChI is InChI=1S/C20H23N5O2/c1-12(2)11-27-16-9-8-13(10-17(16)26-3)18-23-19(21)24-20-22-14-6-4-5-7-15(14)25(18)20/h4-10,12,18H,11H2,1-3H3,(H3,21,22,23,24). The maximum atomic E-state index is 6.01. The molecule has 1 aromatic heterocycles. The Hall–Kier alpha value is -3.22. The average Bonchev–Trinajstić information content (AvgIpc) is 3.03. The SMILES string of the molecule is COc1cc(C2N=C(N)Nc3nc4ccccc4n32)ccc1OCC(C)C. The third-order valence-electron chi connectivity index (χ3n) is 4.40. The molecule has 2 aromatic carbocycles. The molecule has 7 heteroatoms. The van der Waals surface area contributed by atoms with E-state index in [4.69, 9.17) is 15.2 Å². The molecule has 140 valence electrons. The molecule has 1 aliphatic heterocycles. The fourth-order valence-corrected chi connectivity index (χ4v) is 3.16. The van der Waals surface area contributed by atoms with Crippen LogP contribution in [-0.4, -0.2) is 29.2 Å². The number of para-hydroxylation sites is 2. The van der Waals surface area contributed by atoms with E-state index in [9.17, 15) is 0 Å². The highest BCUT2D eigenvalue weighted by molar-refractivity contribution is 5.94. The van der Waals surface area contributed by atoms with Gasteiger partial charge < -0.3 is 15.2 Å². The number of imidazole rings is 1. The van der Waals surface area contributed by atoms with Gasteiger partial charge in [-0.1, -0.05) is 32.0 Å². The quantitative estimate of drug-likeness (QED) is 0.724. The van der Waals surface area contributed by atoms with Gasteiger partial charge in [0.05, 0.1) is 24.8 Å². The van der Waals surface area contributed by atoms with Gasteiger partial charge in [0.15, 0.2) is 23.6 Å². The van der Waals surface area contributed by atoms with Crippen molar-refractivity contribution in [1.29, 1.82) is 0 Å². The van der Waals surface area contributed by atoms with E-state index < -0.39 is 0 Å². The second-order valence-electron chi connectivity index (χ2n) is 6.92. The number of benzene rings is 2. The number of hydrogen-bond donors (Lipinski definition) is 2. The van der Waals surface area contributed by atoms with E-state index in [1.54, 1.807) is 7.11 Å². The summed E-state index contributed by atoms with van der Waals surface area (Å²) in [4.78, 5) is 9.23. The largest absolute Gasteiger partial charge is 0.493 e. The molecule has 0 spiro atoms. The maximum absolute atomic E-state index is 6.01. The topological polar surface area (TPSA) is 86.7 Å². The lowest BCUT2D eigenvalue weighted by atomic mass is 10.1. The van der Waals surface area contributed by atoms with Gasteiger partial charge >= 0.3 is 0 Å². The Balaban J connectivity index is 1.78. The zero-order valence-corrected chi connectivity index (χ0v) is 15.6. The van der Waals surface area contributed by atoms with Crippen molar-refractivity contribution in [3.05, 3.63) is 48.0 Å². The number of nitrogens with two attached hydrogens (primary N) is 1. The van der Waals surface area contributed by atoms with E-state index >= 15 is 0 Å². The third kappa shape index (κ3) is 3.16. The van der Waals surface area contributed by atoms with Crippen LogP contribution in [0.1, 0.15) is 25.6 Å². The minimum atomic E-state index is -0.332. The van der Waals surface area contributed by atoms with Crippen LogP contribution in [0.25, 0.3) is 11.0 Å². The van der Waals surface area contributed by atoms with Crippen molar-refractivity contribution in [2.45, 2.75) is 20.0 Å². The van der Waals surface area contributed by atoms with E-state index in [1.165, 1.54) is 0 Å². The van der Waals surface area contributed by atoms with Crippen molar-refractivity contribution in [2.75, 3.05) is 19.0 Å². The van der Waals surface area contributed by atoms with Gasteiger partial charge in [-0.3, -0.25) is 9.88 Å². The Bertz CT molecular complexity index is 1010. The lowest BCUT2D eigenvalue weighted by Gasteiger charge is -2.24. The second-order valence-corrected chi connectivity index (χ2v) is 6.92. The van der Waals surface area contributed by atoms with Crippen LogP contribution in [0.4, 0.5) is 5.95 Å². The van der Waals surface area contributed by atoms with Crippen LogP contribution in [0.5, 0.6) is 11.5 Å². The monoisotopic (exact) mass is 365 g/mol. The minimum Gasteiger partial charge on any atom is -0.493 e. The molecule has 0 amide bonds. The smallest absolute Gasteiger partial charge is 0.212 e. The molecule has 1 unspecified atom stereocenters. The lowest BCUT2D eigenvalue weighted by molar-refractivity contribution is 0.256. The molecule has 1 atom stereocenters. The highest BCUT2D eigenvalue weighted by Gasteiger charge is 2.25. The molecule has 3 N–H and O–H groups in total. The molecular formula is C20H23N5O2. The van der Waals surface area contributed by atoms with Crippen LogP contribution >= 0.6 is 0 Å². The van der Waals surface area contributed by atoms with Crippen molar-refractivity contribution in [1.82, 2.24) is 9.55 Å². The molecule has 0 radical (unpaired) electrons. The van der Waals surface area contributed by atoms with Crippen LogP contribution < -0.4 is 20.5 Å². The predicted octanol–water partition coefficient (Wildman–Crippen LogP) is 3.37. The number of rotatable bonds is 5. The van der Waals surface area contributed by atoms with Gasteiger partial charge in [0.25, 0.3) is 0 Å². The van der Waals surface area contributed by atoms with Crippen LogP contribution in [-0.2, 0) is 0 Å². The summed E-state index contributed by atoms with van der Waals surface area (Å²) in [7, 11) is 1.64. The molecular weight excluding hydrogens is 342 g/mol. The van der Waals surface area contributed by atoms with E-state index in [0.717, 1.165) is 22.3 Å². The fraction of sp³-hybridized carbons (Fsp3) is 0.300. The Labute approximate surface area is 157 Å². The number of fused-ring (bicyclic) bond motifs is 3. The fourth-order valence-electron chi connectivity index (χ4n) is 3.16. The summed E-state index contributed by atoms with van der Waals surface area (Å²) in [6, 6.07) is 13.8. The Kier molecular flexibility index (Phi) is 4.35. The molecule has 3 aromatic rings. The first-order chi connectivity index (χ1) is 13.1. The van der Waals surface area contributed by atoms with Gasteiger partial charge in [-0.15, -0.1) is 0 Å². The highest BCUT2D eigenvalue weighted by atomic mass is 16.5. The van der Waals surface area contributed by atoms with Gasteiger partial charge in [-0.2, -0.15) is 0 Å². The summed E-state index contributed by atoms with van der Waals surface area (Å²) < 4.78 is 13.4. The number of anilines is 1. The summed E-state index contributed by atoms with van der Waals surface area (Å²) in [5, 5.41) is 3.05. The summed E-state index contributed by atoms with van der Waals surface area (Å²) >= 11 is 0.